The summed E-state index contributed by atoms with van der Waals surface area (Å²) in [6.07, 6.45) is -0.516. The maximum absolute atomic E-state index is 12.5. The van der Waals surface area contributed by atoms with Gasteiger partial charge in [0, 0.05) is 35.8 Å². The summed E-state index contributed by atoms with van der Waals surface area (Å²) in [5, 5.41) is 3.23. The molecule has 0 heterocycles. The number of benzene rings is 2. The van der Waals surface area contributed by atoms with E-state index >= 15 is 0 Å². The maximum atomic E-state index is 12.5. The third-order valence-corrected chi connectivity index (χ3v) is 5.74. The van der Waals surface area contributed by atoms with E-state index in [1.807, 2.05) is 6.07 Å². The molecule has 2 N–H and O–H groups in total. The molecule has 2 aromatic carbocycles. The van der Waals surface area contributed by atoms with Crippen LogP contribution in [-0.2, 0) is 19.6 Å². The first-order chi connectivity index (χ1) is 12.7. The molecule has 0 spiro atoms. The summed E-state index contributed by atoms with van der Waals surface area (Å²) in [6, 6.07) is 13.1. The third kappa shape index (κ3) is 5.77. The van der Waals surface area contributed by atoms with E-state index in [0.29, 0.717) is 16.3 Å². The van der Waals surface area contributed by atoms with Crippen LogP contribution in [0.3, 0.4) is 0 Å². The second-order valence-corrected chi connectivity index (χ2v) is 8.44. The van der Waals surface area contributed by atoms with Gasteiger partial charge in [-0.1, -0.05) is 43.6 Å². The van der Waals surface area contributed by atoms with Crippen LogP contribution in [0.25, 0.3) is 0 Å². The van der Waals surface area contributed by atoms with Crippen molar-refractivity contribution in [1.82, 2.24) is 4.72 Å². The van der Waals surface area contributed by atoms with Gasteiger partial charge in [-0.2, -0.15) is 0 Å². The monoisotopic (exact) mass is 410 g/mol. The summed E-state index contributed by atoms with van der Waals surface area (Å²) >= 11 is 6.15. The number of carbonyl (C=O) groups excluding carboxylic acids is 1. The number of sulfonamides is 1. The smallest absolute Gasteiger partial charge is 0.240 e. The average molecular weight is 411 g/mol. The number of methoxy groups -OCH3 is 1. The second kappa shape index (κ2) is 9.32. The van der Waals surface area contributed by atoms with Gasteiger partial charge < -0.3 is 10.1 Å². The van der Waals surface area contributed by atoms with E-state index in [1.165, 1.54) is 19.2 Å². The van der Waals surface area contributed by atoms with Crippen molar-refractivity contribution in [1.29, 1.82) is 0 Å². The molecule has 8 heteroatoms. The Morgan fingerprint density at radius 1 is 1.11 bits per heavy atom. The zero-order valence-electron chi connectivity index (χ0n) is 15.4. The van der Waals surface area contributed by atoms with Crippen LogP contribution in [-0.4, -0.2) is 28.0 Å². The molecule has 0 radical (unpaired) electrons. The molecular formula is C19H23ClN2O4S. The summed E-state index contributed by atoms with van der Waals surface area (Å²) in [5.74, 6) is -0.294. The van der Waals surface area contributed by atoms with Crippen molar-refractivity contribution >= 4 is 33.2 Å². The summed E-state index contributed by atoms with van der Waals surface area (Å²) < 4.78 is 33.0. The Morgan fingerprint density at radius 2 is 1.74 bits per heavy atom. The van der Waals surface area contributed by atoms with Gasteiger partial charge in [0.15, 0.2) is 0 Å². The second-order valence-electron chi connectivity index (χ2n) is 6.27. The molecule has 0 unspecified atom stereocenters. The first-order valence-corrected chi connectivity index (χ1v) is 10.3. The molecule has 2 aromatic rings. The Kier molecular flexibility index (Phi) is 7.38. The molecule has 0 aliphatic heterocycles. The van der Waals surface area contributed by atoms with Crippen LogP contribution >= 0.6 is 11.6 Å². The lowest BCUT2D eigenvalue weighted by Crippen LogP contribution is -2.29. The highest BCUT2D eigenvalue weighted by Gasteiger charge is 2.19. The van der Waals surface area contributed by atoms with Crippen molar-refractivity contribution in [2.24, 2.45) is 5.92 Å². The number of anilines is 1. The quantitative estimate of drug-likeness (QED) is 0.696. The van der Waals surface area contributed by atoms with Gasteiger partial charge in [-0.3, -0.25) is 4.79 Å². The van der Waals surface area contributed by atoms with Crippen molar-refractivity contribution in [2.45, 2.75) is 24.8 Å². The highest BCUT2D eigenvalue weighted by Crippen LogP contribution is 2.25. The molecule has 6 nitrogen and oxygen atoms in total. The number of nitrogens with one attached hydrogen (secondary N) is 2. The molecule has 0 aromatic heterocycles. The molecule has 0 aliphatic rings. The lowest BCUT2D eigenvalue weighted by molar-refractivity contribution is -0.118. The van der Waals surface area contributed by atoms with Crippen LogP contribution < -0.4 is 10.0 Å². The van der Waals surface area contributed by atoms with Crippen molar-refractivity contribution < 1.29 is 17.9 Å². The van der Waals surface area contributed by atoms with Crippen LogP contribution in [0.1, 0.15) is 25.5 Å². The van der Waals surface area contributed by atoms with Crippen LogP contribution in [0, 0.1) is 5.92 Å². The molecule has 0 saturated heterocycles. The Morgan fingerprint density at radius 3 is 2.30 bits per heavy atom. The molecule has 0 saturated carbocycles. The summed E-state index contributed by atoms with van der Waals surface area (Å²) in [7, 11) is -2.24. The zero-order valence-corrected chi connectivity index (χ0v) is 17.0. The van der Waals surface area contributed by atoms with Gasteiger partial charge in [0.1, 0.15) is 0 Å². The summed E-state index contributed by atoms with van der Waals surface area (Å²) in [4.78, 5) is 11.8. The molecule has 0 fully saturated rings. The maximum Gasteiger partial charge on any atom is 0.240 e. The van der Waals surface area contributed by atoms with E-state index in [0.717, 1.165) is 0 Å². The van der Waals surface area contributed by atoms with Crippen molar-refractivity contribution in [3.05, 3.63) is 59.1 Å². The fourth-order valence-corrected chi connectivity index (χ4v) is 3.62. The molecule has 27 heavy (non-hydrogen) atoms. The van der Waals surface area contributed by atoms with E-state index in [-0.39, 0.29) is 23.3 Å². The molecule has 1 amide bonds. The third-order valence-electron chi connectivity index (χ3n) is 3.95. The average Bonchev–Trinajstić information content (AvgIpc) is 2.64. The Labute approximate surface area is 164 Å². The number of amides is 1. The SMILES string of the molecule is CO[C@@H](CNS(=O)(=O)c1ccc(NC(=O)C(C)C)cc1)c1ccccc1Cl. The fourth-order valence-electron chi connectivity index (χ4n) is 2.33. The highest BCUT2D eigenvalue weighted by molar-refractivity contribution is 7.89. The first kappa shape index (κ1) is 21.4. The molecule has 0 bridgehead atoms. The van der Waals surface area contributed by atoms with Gasteiger partial charge in [-0.05, 0) is 30.3 Å². The van der Waals surface area contributed by atoms with Crippen LogP contribution in [0.4, 0.5) is 5.69 Å². The molecule has 0 aliphatic carbocycles. The van der Waals surface area contributed by atoms with Gasteiger partial charge in [0.2, 0.25) is 15.9 Å². The Balaban J connectivity index is 2.07. The van der Waals surface area contributed by atoms with E-state index in [1.54, 1.807) is 44.2 Å². The molecular weight excluding hydrogens is 388 g/mol. The molecule has 146 valence electrons. The van der Waals surface area contributed by atoms with E-state index in [2.05, 4.69) is 10.0 Å². The normalized spacial score (nSPS) is 12.8. The highest BCUT2D eigenvalue weighted by atomic mass is 35.5. The fraction of sp³-hybridized carbons (Fsp3) is 0.316. The van der Waals surface area contributed by atoms with Gasteiger partial charge in [-0.15, -0.1) is 0 Å². The minimum Gasteiger partial charge on any atom is -0.375 e. The Hall–Kier alpha value is -1.93. The number of rotatable bonds is 8. The number of ether oxygens (including phenoxy) is 1. The van der Waals surface area contributed by atoms with Gasteiger partial charge in [-0.25, -0.2) is 13.1 Å². The van der Waals surface area contributed by atoms with Crippen LogP contribution in [0.15, 0.2) is 53.4 Å². The zero-order chi connectivity index (χ0) is 20.0. The topological polar surface area (TPSA) is 84.5 Å². The van der Waals surface area contributed by atoms with Crippen molar-refractivity contribution in [2.75, 3.05) is 19.0 Å². The number of hydrogen-bond acceptors (Lipinski definition) is 4. The standard InChI is InChI=1S/C19H23ClN2O4S/c1-13(2)19(23)22-14-8-10-15(11-9-14)27(24,25)21-12-18(26-3)16-6-4-5-7-17(16)20/h4-11,13,18,21H,12H2,1-3H3,(H,22,23)/t18-/m0/s1. The minimum atomic E-state index is -3.73. The van der Waals surface area contributed by atoms with E-state index in [9.17, 15) is 13.2 Å². The van der Waals surface area contributed by atoms with E-state index < -0.39 is 16.1 Å². The number of halogens is 1. The number of carbonyl (C=O) groups is 1. The molecule has 2 rings (SSSR count). The summed E-state index contributed by atoms with van der Waals surface area (Å²) in [6.45, 7) is 3.60. The van der Waals surface area contributed by atoms with Gasteiger partial charge >= 0.3 is 0 Å². The lowest BCUT2D eigenvalue weighted by atomic mass is 10.1. The van der Waals surface area contributed by atoms with Crippen molar-refractivity contribution in [3.8, 4) is 0 Å². The first-order valence-electron chi connectivity index (χ1n) is 8.42. The predicted octanol–water partition coefficient (Wildman–Crippen LogP) is 3.60. The lowest BCUT2D eigenvalue weighted by Gasteiger charge is -2.18. The van der Waals surface area contributed by atoms with Gasteiger partial charge in [0.25, 0.3) is 0 Å². The van der Waals surface area contributed by atoms with Crippen LogP contribution in [0.2, 0.25) is 5.02 Å². The number of hydrogen-bond donors (Lipinski definition) is 2. The Bertz CT molecular complexity index is 883. The largest absolute Gasteiger partial charge is 0.375 e. The predicted molar refractivity (Wildman–Crippen MR) is 106 cm³/mol. The van der Waals surface area contributed by atoms with Crippen LogP contribution in [0.5, 0.6) is 0 Å². The molecule has 1 atom stereocenters. The van der Waals surface area contributed by atoms with Gasteiger partial charge in [0.05, 0.1) is 11.0 Å². The van der Waals surface area contributed by atoms with Crippen molar-refractivity contribution in [3.63, 3.8) is 0 Å². The minimum absolute atomic E-state index is 0.0361. The summed E-state index contributed by atoms with van der Waals surface area (Å²) in [5.41, 5.74) is 1.24. The van der Waals surface area contributed by atoms with E-state index in [4.69, 9.17) is 16.3 Å².